The maximum Gasteiger partial charge on any atom is 0.186 e. The molecular weight excluding hydrogens is 1000 g/mol. The smallest absolute Gasteiger partial charge is 0.186 e. The van der Waals surface area contributed by atoms with Crippen LogP contribution in [-0.4, -0.2) is 146 Å². The minimum atomic E-state index is -1.39. The van der Waals surface area contributed by atoms with Crippen molar-refractivity contribution in [1.82, 2.24) is 0 Å². The van der Waals surface area contributed by atoms with Gasteiger partial charge in [-0.15, -0.1) is 0 Å². The lowest BCUT2D eigenvalue weighted by Crippen LogP contribution is -2.63. The largest absolute Gasteiger partial charge is 0.388 e. The van der Waals surface area contributed by atoms with E-state index in [4.69, 9.17) is 62.4 Å². The summed E-state index contributed by atoms with van der Waals surface area (Å²) in [6.07, 6.45) is -9.13. The first-order valence-corrected chi connectivity index (χ1v) is 29.4. The van der Waals surface area contributed by atoms with Crippen molar-refractivity contribution in [1.29, 1.82) is 0 Å². The number of azide groups is 1. The Bertz CT molecular complexity index is 2080. The number of nitrogens with zero attached hydrogens (tertiary/aromatic N) is 3. The summed E-state index contributed by atoms with van der Waals surface area (Å²) in [7, 11) is 0. The molecule has 0 saturated carbocycles. The van der Waals surface area contributed by atoms with Crippen LogP contribution in [0.1, 0.15) is 126 Å². The Morgan fingerprint density at radius 1 is 0.449 bits per heavy atom. The van der Waals surface area contributed by atoms with Gasteiger partial charge in [0.05, 0.1) is 69.2 Å². The van der Waals surface area contributed by atoms with Gasteiger partial charge in [-0.2, -0.15) is 0 Å². The van der Waals surface area contributed by atoms with Gasteiger partial charge in [-0.1, -0.05) is 148 Å². The van der Waals surface area contributed by atoms with Crippen LogP contribution in [0.2, 0.25) is 0 Å². The molecule has 3 N–H and O–H groups in total. The van der Waals surface area contributed by atoms with Gasteiger partial charge >= 0.3 is 0 Å². The van der Waals surface area contributed by atoms with Gasteiger partial charge in [0.25, 0.3) is 0 Å². The Hall–Kier alpha value is -2.85. The molecule has 18 heteroatoms. The summed E-state index contributed by atoms with van der Waals surface area (Å²) in [5.74, 6) is -0.808. The summed E-state index contributed by atoms with van der Waals surface area (Å²) in [4.78, 5) is 2.84. The van der Waals surface area contributed by atoms with Crippen LogP contribution < -0.4 is 0 Å². The third-order valence-corrected chi connectivity index (χ3v) is 18.0. The molecule has 25 atom stereocenters. The van der Waals surface area contributed by atoms with E-state index < -0.39 is 98.2 Å². The Morgan fingerprint density at radius 3 is 1.33 bits per heavy atom. The van der Waals surface area contributed by atoms with Crippen molar-refractivity contribution < 1.29 is 72.2 Å². The molecule has 5 heterocycles. The van der Waals surface area contributed by atoms with E-state index >= 15 is 0 Å². The molecule has 2 aromatic rings. The maximum atomic E-state index is 12.7. The third-order valence-electron chi connectivity index (χ3n) is 18.0. The normalized spacial score (nSPS) is 41.3. The van der Waals surface area contributed by atoms with Crippen molar-refractivity contribution in [2.45, 2.75) is 233 Å². The Labute approximate surface area is 464 Å². The molecule has 5 aliphatic rings. The van der Waals surface area contributed by atoms with E-state index in [1.54, 1.807) is 0 Å². The third kappa shape index (κ3) is 15.6. The molecule has 0 bridgehead atoms. The monoisotopic (exact) mass is 1100 g/mol. The van der Waals surface area contributed by atoms with Crippen molar-refractivity contribution in [3.63, 3.8) is 0 Å². The topological polar surface area (TPSA) is 220 Å². The molecule has 7 rings (SSSR count). The van der Waals surface area contributed by atoms with E-state index in [2.05, 4.69) is 72.3 Å². The summed E-state index contributed by atoms with van der Waals surface area (Å²) < 4.78 is 80.5. The molecule has 0 aliphatic carbocycles. The number of rotatable bonds is 26. The maximum absolute atomic E-state index is 12.7. The molecule has 5 saturated heterocycles. The summed E-state index contributed by atoms with van der Waals surface area (Å²) in [6.45, 7) is 24.7. The van der Waals surface area contributed by atoms with Gasteiger partial charge < -0.3 is 72.2 Å². The fourth-order valence-corrected chi connectivity index (χ4v) is 12.1. The van der Waals surface area contributed by atoms with Crippen LogP contribution in [0.25, 0.3) is 10.4 Å². The van der Waals surface area contributed by atoms with Gasteiger partial charge in [0, 0.05) is 29.9 Å². The van der Waals surface area contributed by atoms with E-state index in [0.29, 0.717) is 39.0 Å². The van der Waals surface area contributed by atoms with E-state index in [-0.39, 0.29) is 73.6 Å². The zero-order valence-corrected chi connectivity index (χ0v) is 48.3. The Morgan fingerprint density at radius 2 is 0.846 bits per heavy atom. The van der Waals surface area contributed by atoms with Gasteiger partial charge in [-0.3, -0.25) is 0 Å². The standard InChI is InChI=1S/C60H95N3O15/c1-12-44-34(4)37(7)49(64)57(70-44)77-54-38(8)35(5)46(14-3)72-60(54)78-55-39(9)36(6)45(13-2)71-59(55)76-53-41(11)48(33-68-31-43-26-20-16-21-27-43)74-58(51(53)66)75-52-40(10)47(32-67-30-42-24-18-15-19-25-42)73-56(50(52)65)69-29-23-17-22-28-62-63-61/h15-16,18-21,24-27,34-41,44-60,64-66H,12-14,17,22-23,28-33H2,1-11H3/t34-,35-,36-,37-,38-,39-,40+,41+,44?,45?,46?,47?,48?,49?,50?,51?,52-,53-,54?,55?,56-,57+,58+,59+,60+/m0/s1. The highest BCUT2D eigenvalue weighted by Crippen LogP contribution is 2.44. The first kappa shape index (κ1) is 62.7. The lowest BCUT2D eigenvalue weighted by molar-refractivity contribution is -0.391. The van der Waals surface area contributed by atoms with Gasteiger partial charge in [0.2, 0.25) is 0 Å². The second kappa shape index (κ2) is 30.5. The number of aliphatic hydroxyl groups is 3. The molecule has 5 fully saturated rings. The molecule has 10 unspecified atom stereocenters. The zero-order valence-electron chi connectivity index (χ0n) is 48.3. The molecular formula is C60H95N3O15. The fourth-order valence-electron chi connectivity index (χ4n) is 12.1. The first-order chi connectivity index (χ1) is 37.6. The number of aliphatic hydroxyl groups excluding tert-OH is 3. The van der Waals surface area contributed by atoms with E-state index in [1.165, 1.54) is 0 Å². The molecule has 0 radical (unpaired) electrons. The van der Waals surface area contributed by atoms with Crippen LogP contribution in [-0.2, 0) is 70.1 Å². The second-order valence-corrected chi connectivity index (χ2v) is 23.1. The van der Waals surface area contributed by atoms with Crippen LogP contribution in [0.15, 0.2) is 65.8 Å². The number of unbranched alkanes of at least 4 members (excludes halogenated alkanes) is 2. The van der Waals surface area contributed by atoms with E-state index in [0.717, 1.165) is 30.4 Å². The molecule has 2 aromatic carbocycles. The SMILES string of the molecule is CCC1O[C@H](OC2[C@@H](OC3[C@@H](O[C@@H]4C(O)[C@@H](O[C@@H]5C(O)[C@@H](OCCCCCN=[N+]=[N-])OC(COCc6ccccc6)[C@H]5C)OC(COCc5ccccc5)[C@H]4C)OC(CC)[C@@H](C)[C@@H]3C)OC(CC)[C@@H](C)[C@@H]2C)C(O)[C@@H](C)[C@@H]1C. The van der Waals surface area contributed by atoms with Gasteiger partial charge in [-0.05, 0) is 84.3 Å². The Balaban J connectivity index is 1.16. The highest BCUT2D eigenvalue weighted by molar-refractivity contribution is 5.14. The highest BCUT2D eigenvalue weighted by atomic mass is 16.8. The fraction of sp³-hybridized carbons (Fsp3) is 0.800. The van der Waals surface area contributed by atoms with Gasteiger partial charge in [-0.25, -0.2) is 0 Å². The minimum absolute atomic E-state index is 0.0376. The summed E-state index contributed by atoms with van der Waals surface area (Å²) in [5.41, 5.74) is 10.7. The molecule has 440 valence electrons. The molecule has 0 aromatic heterocycles. The van der Waals surface area contributed by atoms with Crippen molar-refractivity contribution >= 4 is 0 Å². The molecule has 0 amide bonds. The van der Waals surface area contributed by atoms with Crippen molar-refractivity contribution in [2.24, 2.45) is 52.5 Å². The predicted molar refractivity (Wildman–Crippen MR) is 291 cm³/mol. The highest BCUT2D eigenvalue weighted by Gasteiger charge is 2.55. The summed E-state index contributed by atoms with van der Waals surface area (Å²) >= 11 is 0. The summed E-state index contributed by atoms with van der Waals surface area (Å²) in [6, 6.07) is 19.7. The number of ether oxygens (including phenoxy) is 12. The lowest BCUT2D eigenvalue weighted by atomic mass is 9.80. The van der Waals surface area contributed by atoms with Gasteiger partial charge in [0.15, 0.2) is 31.5 Å². The predicted octanol–water partition coefficient (Wildman–Crippen LogP) is 9.48. The first-order valence-electron chi connectivity index (χ1n) is 29.4. The minimum Gasteiger partial charge on any atom is -0.388 e. The van der Waals surface area contributed by atoms with Crippen LogP contribution in [0.5, 0.6) is 0 Å². The average Bonchev–Trinajstić information content (AvgIpc) is 3.56. The Kier molecular flexibility index (Phi) is 24.5. The quantitative estimate of drug-likeness (QED) is 0.0346. The van der Waals surface area contributed by atoms with Gasteiger partial charge in [0.1, 0.15) is 30.5 Å². The molecule has 18 nitrogen and oxygen atoms in total. The molecule has 78 heavy (non-hydrogen) atoms. The molecule has 5 aliphatic heterocycles. The van der Waals surface area contributed by atoms with Crippen molar-refractivity contribution in [3.05, 3.63) is 82.2 Å². The zero-order chi connectivity index (χ0) is 56.0. The average molecular weight is 1100 g/mol. The van der Waals surface area contributed by atoms with Crippen LogP contribution in [0.3, 0.4) is 0 Å². The second-order valence-electron chi connectivity index (χ2n) is 23.1. The van der Waals surface area contributed by atoms with Crippen molar-refractivity contribution in [3.8, 4) is 0 Å². The van der Waals surface area contributed by atoms with Crippen LogP contribution >= 0.6 is 0 Å². The van der Waals surface area contributed by atoms with Crippen LogP contribution in [0, 0.1) is 47.3 Å². The lowest BCUT2D eigenvalue weighted by Gasteiger charge is -2.52. The molecule has 0 spiro atoms. The number of hydrogen-bond donors (Lipinski definition) is 3. The summed E-state index contributed by atoms with van der Waals surface area (Å²) in [5, 5.41) is 40.1. The van der Waals surface area contributed by atoms with E-state index in [9.17, 15) is 15.3 Å². The van der Waals surface area contributed by atoms with Crippen molar-refractivity contribution in [2.75, 3.05) is 26.4 Å². The number of hydrogen-bond acceptors (Lipinski definition) is 16. The van der Waals surface area contributed by atoms with Crippen LogP contribution in [0.4, 0.5) is 0 Å². The van der Waals surface area contributed by atoms with E-state index in [1.807, 2.05) is 74.5 Å². The number of benzene rings is 2.